The van der Waals surface area contributed by atoms with Gasteiger partial charge < -0.3 is 5.11 Å². The van der Waals surface area contributed by atoms with Crippen LogP contribution in [-0.4, -0.2) is 16.9 Å². The molecule has 0 amide bonds. The standard InChI is InChI=1S/C13H16O3/c1-13(2,3)10-6-4-9(5-7-10)11(14)8-12(15)16/h4-7H,8H2,1-3H3,(H,15,16). The molecule has 3 heteroatoms. The summed E-state index contributed by atoms with van der Waals surface area (Å²) in [5, 5.41) is 8.51. The molecule has 0 aliphatic heterocycles. The number of carbonyl (C=O) groups is 2. The van der Waals surface area contributed by atoms with Crippen LogP contribution >= 0.6 is 0 Å². The number of aliphatic carboxylic acids is 1. The number of hydrogen-bond donors (Lipinski definition) is 1. The minimum atomic E-state index is -1.09. The van der Waals surface area contributed by atoms with Crippen LogP contribution in [-0.2, 0) is 10.2 Å². The zero-order valence-corrected chi connectivity index (χ0v) is 9.78. The summed E-state index contributed by atoms with van der Waals surface area (Å²) >= 11 is 0. The summed E-state index contributed by atoms with van der Waals surface area (Å²) in [5.74, 6) is -1.45. The van der Waals surface area contributed by atoms with Crippen molar-refractivity contribution < 1.29 is 14.7 Å². The van der Waals surface area contributed by atoms with E-state index < -0.39 is 12.4 Å². The van der Waals surface area contributed by atoms with Gasteiger partial charge in [-0.25, -0.2) is 0 Å². The Balaban J connectivity index is 2.87. The summed E-state index contributed by atoms with van der Waals surface area (Å²) in [7, 11) is 0. The number of benzene rings is 1. The van der Waals surface area contributed by atoms with E-state index in [2.05, 4.69) is 20.8 Å². The number of hydrogen-bond acceptors (Lipinski definition) is 2. The van der Waals surface area contributed by atoms with E-state index in [4.69, 9.17) is 5.11 Å². The molecule has 86 valence electrons. The molecule has 0 aromatic heterocycles. The molecular weight excluding hydrogens is 204 g/mol. The first kappa shape index (κ1) is 12.4. The molecule has 0 spiro atoms. The molecule has 0 saturated carbocycles. The Labute approximate surface area is 95.1 Å². The topological polar surface area (TPSA) is 54.4 Å². The number of Topliss-reactive ketones (excluding diaryl/α,β-unsaturated/α-hetero) is 1. The van der Waals surface area contributed by atoms with Crippen molar-refractivity contribution in [2.75, 3.05) is 0 Å². The van der Waals surface area contributed by atoms with E-state index in [1.54, 1.807) is 12.1 Å². The third kappa shape index (κ3) is 3.19. The van der Waals surface area contributed by atoms with Gasteiger partial charge in [-0.15, -0.1) is 0 Å². The summed E-state index contributed by atoms with van der Waals surface area (Å²) in [6.45, 7) is 6.25. The Hall–Kier alpha value is -1.64. The Kier molecular flexibility index (Phi) is 3.48. The highest BCUT2D eigenvalue weighted by atomic mass is 16.4. The van der Waals surface area contributed by atoms with Gasteiger partial charge in [-0.05, 0) is 11.0 Å². The first-order valence-electron chi connectivity index (χ1n) is 5.16. The van der Waals surface area contributed by atoms with E-state index >= 15 is 0 Å². The van der Waals surface area contributed by atoms with E-state index in [0.29, 0.717) is 5.56 Å². The zero-order valence-electron chi connectivity index (χ0n) is 9.78. The summed E-state index contributed by atoms with van der Waals surface area (Å²) < 4.78 is 0. The second-order valence-corrected chi connectivity index (χ2v) is 4.82. The first-order chi connectivity index (χ1) is 7.30. The molecule has 0 aliphatic rings. The Morgan fingerprint density at radius 2 is 1.62 bits per heavy atom. The molecule has 0 atom stereocenters. The smallest absolute Gasteiger partial charge is 0.311 e. The maximum Gasteiger partial charge on any atom is 0.311 e. The van der Waals surface area contributed by atoms with Crippen LogP contribution in [0.5, 0.6) is 0 Å². The molecule has 3 nitrogen and oxygen atoms in total. The maximum absolute atomic E-state index is 11.4. The average Bonchev–Trinajstić information content (AvgIpc) is 2.15. The fraction of sp³-hybridized carbons (Fsp3) is 0.385. The van der Waals surface area contributed by atoms with Gasteiger partial charge in [-0.2, -0.15) is 0 Å². The monoisotopic (exact) mass is 220 g/mol. The number of carbonyl (C=O) groups excluding carboxylic acids is 1. The van der Waals surface area contributed by atoms with Crippen molar-refractivity contribution in [3.05, 3.63) is 35.4 Å². The first-order valence-corrected chi connectivity index (χ1v) is 5.16. The van der Waals surface area contributed by atoms with Gasteiger partial charge in [0.1, 0.15) is 6.42 Å². The van der Waals surface area contributed by atoms with Crippen molar-refractivity contribution in [2.45, 2.75) is 32.6 Å². The van der Waals surface area contributed by atoms with Gasteiger partial charge in [-0.1, -0.05) is 45.0 Å². The molecule has 0 fully saturated rings. The third-order valence-electron chi connectivity index (χ3n) is 2.38. The zero-order chi connectivity index (χ0) is 12.3. The highest BCUT2D eigenvalue weighted by molar-refractivity contribution is 6.05. The number of ketones is 1. The largest absolute Gasteiger partial charge is 0.481 e. The lowest BCUT2D eigenvalue weighted by Gasteiger charge is -2.18. The predicted octanol–water partition coefficient (Wildman–Crippen LogP) is 2.64. The fourth-order valence-corrected chi connectivity index (χ4v) is 1.40. The van der Waals surface area contributed by atoms with Gasteiger partial charge in [0.15, 0.2) is 5.78 Å². The Bertz CT molecular complexity index is 396. The Morgan fingerprint density at radius 3 is 2.00 bits per heavy atom. The lowest BCUT2D eigenvalue weighted by atomic mass is 9.86. The highest BCUT2D eigenvalue weighted by Gasteiger charge is 2.15. The normalized spacial score (nSPS) is 11.2. The lowest BCUT2D eigenvalue weighted by Crippen LogP contribution is -2.12. The van der Waals surface area contributed by atoms with E-state index in [1.165, 1.54) is 0 Å². The summed E-state index contributed by atoms with van der Waals surface area (Å²) in [5.41, 5.74) is 1.61. The second kappa shape index (κ2) is 4.47. The minimum absolute atomic E-state index is 0.0361. The van der Waals surface area contributed by atoms with Crippen molar-refractivity contribution in [3.8, 4) is 0 Å². The summed E-state index contributed by atoms with van der Waals surface area (Å²) in [6, 6.07) is 7.11. The van der Waals surface area contributed by atoms with Crippen LogP contribution in [0, 0.1) is 0 Å². The van der Waals surface area contributed by atoms with Crippen molar-refractivity contribution in [1.29, 1.82) is 0 Å². The molecule has 1 aromatic rings. The van der Waals surface area contributed by atoms with Gasteiger partial charge in [0.25, 0.3) is 0 Å². The molecule has 0 unspecified atom stereocenters. The van der Waals surface area contributed by atoms with Crippen LogP contribution in [0.1, 0.15) is 43.1 Å². The summed E-state index contributed by atoms with van der Waals surface area (Å²) in [6.07, 6.45) is -0.450. The fourth-order valence-electron chi connectivity index (χ4n) is 1.40. The van der Waals surface area contributed by atoms with E-state index in [-0.39, 0.29) is 11.2 Å². The average molecular weight is 220 g/mol. The van der Waals surface area contributed by atoms with Crippen LogP contribution in [0.4, 0.5) is 0 Å². The number of rotatable bonds is 3. The quantitative estimate of drug-likeness (QED) is 0.629. The molecule has 0 saturated heterocycles. The van der Waals surface area contributed by atoms with Crippen LogP contribution < -0.4 is 0 Å². The highest BCUT2D eigenvalue weighted by Crippen LogP contribution is 2.22. The van der Waals surface area contributed by atoms with Crippen molar-refractivity contribution in [1.82, 2.24) is 0 Å². The van der Waals surface area contributed by atoms with Crippen LogP contribution in [0.25, 0.3) is 0 Å². The minimum Gasteiger partial charge on any atom is -0.481 e. The second-order valence-electron chi connectivity index (χ2n) is 4.82. The van der Waals surface area contributed by atoms with Gasteiger partial charge in [0.2, 0.25) is 0 Å². The van der Waals surface area contributed by atoms with Gasteiger partial charge in [-0.3, -0.25) is 9.59 Å². The summed E-state index contributed by atoms with van der Waals surface area (Å²) in [4.78, 5) is 21.8. The molecule has 1 aromatic carbocycles. The van der Waals surface area contributed by atoms with Crippen LogP contribution in [0.3, 0.4) is 0 Å². The van der Waals surface area contributed by atoms with Crippen molar-refractivity contribution >= 4 is 11.8 Å². The molecule has 1 N–H and O–H groups in total. The number of carboxylic acids is 1. The predicted molar refractivity (Wildman–Crippen MR) is 61.7 cm³/mol. The van der Waals surface area contributed by atoms with Gasteiger partial charge >= 0.3 is 5.97 Å². The lowest BCUT2D eigenvalue weighted by molar-refractivity contribution is -0.135. The Morgan fingerprint density at radius 1 is 1.12 bits per heavy atom. The van der Waals surface area contributed by atoms with Gasteiger partial charge in [0.05, 0.1) is 0 Å². The molecule has 1 rings (SSSR count). The van der Waals surface area contributed by atoms with Crippen LogP contribution in [0.15, 0.2) is 24.3 Å². The third-order valence-corrected chi connectivity index (χ3v) is 2.38. The number of carboxylic acid groups (broad SMARTS) is 1. The van der Waals surface area contributed by atoms with E-state index in [1.807, 2.05) is 12.1 Å². The molecular formula is C13H16O3. The van der Waals surface area contributed by atoms with Crippen molar-refractivity contribution in [3.63, 3.8) is 0 Å². The van der Waals surface area contributed by atoms with E-state index in [0.717, 1.165) is 5.56 Å². The molecule has 0 heterocycles. The van der Waals surface area contributed by atoms with E-state index in [9.17, 15) is 9.59 Å². The molecule has 0 bridgehead atoms. The SMILES string of the molecule is CC(C)(C)c1ccc(C(=O)CC(=O)O)cc1. The maximum atomic E-state index is 11.4. The molecule has 16 heavy (non-hydrogen) atoms. The van der Waals surface area contributed by atoms with Crippen molar-refractivity contribution in [2.24, 2.45) is 0 Å². The molecule has 0 radical (unpaired) electrons. The van der Waals surface area contributed by atoms with Crippen LogP contribution in [0.2, 0.25) is 0 Å². The molecule has 0 aliphatic carbocycles. The van der Waals surface area contributed by atoms with Gasteiger partial charge in [0, 0.05) is 5.56 Å².